The van der Waals surface area contributed by atoms with Crippen LogP contribution in [0.4, 0.5) is 5.69 Å². The zero-order valence-corrected chi connectivity index (χ0v) is 19.9. The van der Waals surface area contributed by atoms with Crippen molar-refractivity contribution < 1.29 is 13.2 Å². The summed E-state index contributed by atoms with van der Waals surface area (Å²) in [6.45, 7) is 2.74. The van der Waals surface area contributed by atoms with Gasteiger partial charge in [0.2, 0.25) is 15.9 Å². The number of amides is 1. The smallest absolute Gasteiger partial charge is 0.228 e. The van der Waals surface area contributed by atoms with Crippen LogP contribution >= 0.6 is 23.2 Å². The summed E-state index contributed by atoms with van der Waals surface area (Å²) in [6.07, 6.45) is 4.61. The van der Waals surface area contributed by atoms with Crippen molar-refractivity contribution in [2.24, 2.45) is 5.92 Å². The molecule has 0 aliphatic carbocycles. The summed E-state index contributed by atoms with van der Waals surface area (Å²) in [5.74, 6) is -0.744. The molecule has 3 rings (SSSR count). The lowest BCUT2D eigenvalue weighted by Crippen LogP contribution is -2.44. The first kappa shape index (κ1) is 24.1. The maximum absolute atomic E-state index is 12.9. The van der Waals surface area contributed by atoms with Crippen LogP contribution in [0.3, 0.4) is 0 Å². The zero-order chi connectivity index (χ0) is 22.4. The first-order valence-corrected chi connectivity index (χ1v) is 13.0. The number of piperidine rings is 1. The number of nitrogens with zero attached hydrogens (tertiary/aromatic N) is 1. The Morgan fingerprint density at radius 1 is 1.16 bits per heavy atom. The average molecular weight is 483 g/mol. The molecule has 2 aromatic carbocycles. The molecular formula is C23H28Cl2N2O3S. The van der Waals surface area contributed by atoms with Crippen LogP contribution in [-0.2, 0) is 27.0 Å². The van der Waals surface area contributed by atoms with Gasteiger partial charge in [-0.3, -0.25) is 4.79 Å². The summed E-state index contributed by atoms with van der Waals surface area (Å²) in [4.78, 5) is 12.8. The van der Waals surface area contributed by atoms with Crippen molar-refractivity contribution in [3.63, 3.8) is 0 Å². The zero-order valence-electron chi connectivity index (χ0n) is 17.6. The summed E-state index contributed by atoms with van der Waals surface area (Å²) in [6, 6.07) is 12.6. The molecule has 1 fully saturated rings. The Labute approximate surface area is 194 Å². The standard InChI is InChI=1S/C23H28Cl2N2O3S/c1-2-3-5-17-7-11-21(12-8-17)26-23(28)18-6-4-13-27(15-18)31(29,30)16-19-9-10-20(24)14-22(19)25/h7-12,14,18H,2-6,13,15-16H2,1H3,(H,26,28)/t18-/m1/s1. The molecule has 0 radical (unpaired) electrons. The van der Waals surface area contributed by atoms with Gasteiger partial charge in [0.05, 0.1) is 11.7 Å². The minimum Gasteiger partial charge on any atom is -0.326 e. The number of sulfonamides is 1. The molecular weight excluding hydrogens is 455 g/mol. The molecule has 0 spiro atoms. The number of carbonyl (C=O) groups is 1. The lowest BCUT2D eigenvalue weighted by Gasteiger charge is -2.31. The molecule has 31 heavy (non-hydrogen) atoms. The van der Waals surface area contributed by atoms with Crippen molar-refractivity contribution in [2.45, 2.75) is 44.8 Å². The number of aryl methyl sites for hydroxylation is 1. The number of carbonyl (C=O) groups excluding carboxylic acids is 1. The van der Waals surface area contributed by atoms with E-state index in [0.717, 1.165) is 24.9 Å². The third-order valence-electron chi connectivity index (χ3n) is 5.54. The van der Waals surface area contributed by atoms with Gasteiger partial charge in [-0.1, -0.05) is 54.7 Å². The van der Waals surface area contributed by atoms with Crippen molar-refractivity contribution in [1.82, 2.24) is 4.31 Å². The first-order chi connectivity index (χ1) is 14.8. The van der Waals surface area contributed by atoms with Gasteiger partial charge in [0, 0.05) is 28.8 Å². The second-order valence-corrected chi connectivity index (χ2v) is 10.8. The van der Waals surface area contributed by atoms with E-state index in [1.807, 2.05) is 24.3 Å². The van der Waals surface area contributed by atoms with Crippen LogP contribution in [0.15, 0.2) is 42.5 Å². The molecule has 168 valence electrons. The number of benzene rings is 2. The van der Waals surface area contributed by atoms with Gasteiger partial charge in [0.1, 0.15) is 0 Å². The van der Waals surface area contributed by atoms with E-state index in [1.54, 1.807) is 12.1 Å². The summed E-state index contributed by atoms with van der Waals surface area (Å²) in [7, 11) is -3.60. The number of unbranched alkanes of at least 4 members (excludes halogenated alkanes) is 1. The van der Waals surface area contributed by atoms with Crippen LogP contribution in [0, 0.1) is 5.92 Å². The van der Waals surface area contributed by atoms with Crippen LogP contribution in [0.1, 0.15) is 43.7 Å². The van der Waals surface area contributed by atoms with Gasteiger partial charge in [0.15, 0.2) is 0 Å². The fourth-order valence-electron chi connectivity index (χ4n) is 3.72. The molecule has 1 heterocycles. The highest BCUT2D eigenvalue weighted by Crippen LogP contribution is 2.27. The minimum absolute atomic E-state index is 0.147. The predicted molar refractivity (Wildman–Crippen MR) is 127 cm³/mol. The number of halogens is 2. The van der Waals surface area contributed by atoms with E-state index in [2.05, 4.69) is 12.2 Å². The Morgan fingerprint density at radius 3 is 2.58 bits per heavy atom. The number of anilines is 1. The molecule has 1 atom stereocenters. The fraction of sp³-hybridized carbons (Fsp3) is 0.435. The third kappa shape index (κ3) is 6.69. The summed E-state index contributed by atoms with van der Waals surface area (Å²) < 4.78 is 27.3. The molecule has 5 nitrogen and oxygen atoms in total. The van der Waals surface area contributed by atoms with Gasteiger partial charge >= 0.3 is 0 Å². The normalized spacial score (nSPS) is 17.5. The minimum atomic E-state index is -3.60. The van der Waals surface area contributed by atoms with Crippen molar-refractivity contribution in [3.05, 3.63) is 63.6 Å². The molecule has 1 saturated heterocycles. The van der Waals surface area contributed by atoms with E-state index in [9.17, 15) is 13.2 Å². The molecule has 0 bridgehead atoms. The molecule has 0 unspecified atom stereocenters. The number of nitrogens with one attached hydrogen (secondary N) is 1. The van der Waals surface area contributed by atoms with Crippen LogP contribution in [0.5, 0.6) is 0 Å². The van der Waals surface area contributed by atoms with E-state index >= 15 is 0 Å². The molecule has 1 aliphatic rings. The van der Waals surface area contributed by atoms with Gasteiger partial charge < -0.3 is 5.32 Å². The van der Waals surface area contributed by atoms with Crippen LogP contribution < -0.4 is 5.32 Å². The first-order valence-electron chi connectivity index (χ1n) is 10.6. The summed E-state index contributed by atoms with van der Waals surface area (Å²) in [5, 5.41) is 3.72. The lowest BCUT2D eigenvalue weighted by atomic mass is 9.98. The van der Waals surface area contributed by atoms with Gasteiger partial charge in [-0.15, -0.1) is 0 Å². The molecule has 1 amide bonds. The van der Waals surface area contributed by atoms with Crippen molar-refractivity contribution >= 4 is 44.8 Å². The lowest BCUT2D eigenvalue weighted by molar-refractivity contribution is -0.120. The van der Waals surface area contributed by atoms with E-state index in [4.69, 9.17) is 23.2 Å². The SMILES string of the molecule is CCCCc1ccc(NC(=O)[C@@H]2CCCN(S(=O)(=O)Cc3ccc(Cl)cc3Cl)C2)cc1. The molecule has 1 N–H and O–H groups in total. The quantitative estimate of drug-likeness (QED) is 0.538. The van der Waals surface area contributed by atoms with Gasteiger partial charge in [-0.05, 0) is 61.1 Å². The average Bonchev–Trinajstić information content (AvgIpc) is 2.75. The highest BCUT2D eigenvalue weighted by Gasteiger charge is 2.32. The highest BCUT2D eigenvalue weighted by molar-refractivity contribution is 7.88. The Hall–Kier alpha value is -1.60. The molecule has 0 saturated carbocycles. The highest BCUT2D eigenvalue weighted by atomic mass is 35.5. The van der Waals surface area contributed by atoms with Crippen LogP contribution in [0.2, 0.25) is 10.0 Å². The number of rotatable bonds is 8. The van der Waals surface area contributed by atoms with Crippen molar-refractivity contribution in [2.75, 3.05) is 18.4 Å². The monoisotopic (exact) mass is 482 g/mol. The Bertz CT molecular complexity index is 1010. The van der Waals surface area contributed by atoms with E-state index in [1.165, 1.54) is 15.9 Å². The molecule has 0 aromatic heterocycles. The van der Waals surface area contributed by atoms with Gasteiger partial charge in [-0.2, -0.15) is 0 Å². The number of hydrogen-bond acceptors (Lipinski definition) is 3. The number of hydrogen-bond donors (Lipinski definition) is 1. The topological polar surface area (TPSA) is 66.5 Å². The van der Waals surface area contributed by atoms with Crippen LogP contribution in [0.25, 0.3) is 0 Å². The Balaban J connectivity index is 1.61. The maximum Gasteiger partial charge on any atom is 0.228 e. The Morgan fingerprint density at radius 2 is 1.90 bits per heavy atom. The fourth-order valence-corrected chi connectivity index (χ4v) is 5.91. The van der Waals surface area contributed by atoms with Gasteiger partial charge in [0.25, 0.3) is 0 Å². The van der Waals surface area contributed by atoms with E-state index in [0.29, 0.717) is 35.0 Å². The Kier molecular flexibility index (Phi) is 8.39. The maximum atomic E-state index is 12.9. The van der Waals surface area contributed by atoms with Crippen molar-refractivity contribution in [3.8, 4) is 0 Å². The van der Waals surface area contributed by atoms with Gasteiger partial charge in [-0.25, -0.2) is 12.7 Å². The summed E-state index contributed by atoms with van der Waals surface area (Å²) in [5.41, 5.74) is 2.48. The predicted octanol–water partition coefficient (Wildman–Crippen LogP) is 5.52. The third-order valence-corrected chi connectivity index (χ3v) is 7.92. The van der Waals surface area contributed by atoms with E-state index < -0.39 is 10.0 Å². The molecule has 2 aromatic rings. The van der Waals surface area contributed by atoms with Crippen LogP contribution in [-0.4, -0.2) is 31.7 Å². The van der Waals surface area contributed by atoms with Crippen molar-refractivity contribution in [1.29, 1.82) is 0 Å². The van der Waals surface area contributed by atoms with E-state index in [-0.39, 0.29) is 24.1 Å². The molecule has 8 heteroatoms. The summed E-state index contributed by atoms with van der Waals surface area (Å²) >= 11 is 12.1. The second kappa shape index (κ2) is 10.8. The largest absolute Gasteiger partial charge is 0.326 e. The second-order valence-electron chi connectivity index (χ2n) is 7.98. The molecule has 1 aliphatic heterocycles.